The molecule has 2 rings (SSSR count). The Morgan fingerprint density at radius 2 is 2.25 bits per heavy atom. The summed E-state index contributed by atoms with van der Waals surface area (Å²) in [6.07, 6.45) is 5.71. The Balaban J connectivity index is 1.87. The lowest BCUT2D eigenvalue weighted by atomic mass is 10.2. The van der Waals surface area contributed by atoms with Crippen molar-refractivity contribution in [3.8, 4) is 0 Å². The summed E-state index contributed by atoms with van der Waals surface area (Å²) in [4.78, 5) is 4.33. The molecular formula is C12H16N4. The molecule has 0 fully saturated rings. The highest BCUT2D eigenvalue weighted by Gasteiger charge is 1.99. The van der Waals surface area contributed by atoms with Crippen molar-refractivity contribution in [1.29, 1.82) is 0 Å². The van der Waals surface area contributed by atoms with Crippen LogP contribution in [0.4, 0.5) is 0 Å². The highest BCUT2D eigenvalue weighted by atomic mass is 15.2. The summed E-state index contributed by atoms with van der Waals surface area (Å²) in [7, 11) is 1.92. The van der Waals surface area contributed by atoms with Crippen molar-refractivity contribution < 1.29 is 0 Å². The van der Waals surface area contributed by atoms with Gasteiger partial charge in [-0.15, -0.1) is 0 Å². The van der Waals surface area contributed by atoms with Crippen LogP contribution >= 0.6 is 0 Å². The first kappa shape index (κ1) is 10.8. The number of aryl methyl sites for hydroxylation is 2. The molecule has 4 heteroatoms. The molecule has 0 spiro atoms. The number of nitrogens with zero attached hydrogens (tertiary/aromatic N) is 3. The lowest BCUT2D eigenvalue weighted by Crippen LogP contribution is -2.14. The second-order valence-electron chi connectivity index (χ2n) is 3.89. The summed E-state index contributed by atoms with van der Waals surface area (Å²) in [5.41, 5.74) is 3.52. The number of hydrogen-bond donors (Lipinski definition) is 1. The third kappa shape index (κ3) is 2.67. The molecule has 0 aliphatic rings. The maximum absolute atomic E-state index is 4.33. The van der Waals surface area contributed by atoms with Crippen LogP contribution in [0.1, 0.15) is 16.8 Å². The average Bonchev–Trinajstić information content (AvgIpc) is 2.67. The predicted octanol–water partition coefficient (Wildman–Crippen LogP) is 1.41. The molecule has 2 heterocycles. The molecule has 2 aromatic heterocycles. The van der Waals surface area contributed by atoms with Gasteiger partial charge in [0.15, 0.2) is 0 Å². The molecular weight excluding hydrogens is 200 g/mol. The SMILES string of the molecule is Cc1cccnc1CNCc1cnn(C)c1. The van der Waals surface area contributed by atoms with Crippen LogP contribution in [0.3, 0.4) is 0 Å². The first-order valence-electron chi connectivity index (χ1n) is 5.34. The third-order valence-electron chi connectivity index (χ3n) is 2.50. The molecule has 0 radical (unpaired) electrons. The highest BCUT2D eigenvalue weighted by Crippen LogP contribution is 2.03. The van der Waals surface area contributed by atoms with Gasteiger partial charge in [0.05, 0.1) is 11.9 Å². The lowest BCUT2D eigenvalue weighted by Gasteiger charge is -2.05. The molecule has 0 saturated carbocycles. The van der Waals surface area contributed by atoms with E-state index in [9.17, 15) is 0 Å². The van der Waals surface area contributed by atoms with E-state index in [0.717, 1.165) is 18.8 Å². The van der Waals surface area contributed by atoms with E-state index in [1.165, 1.54) is 11.1 Å². The van der Waals surface area contributed by atoms with Gasteiger partial charge in [0, 0.05) is 38.1 Å². The van der Waals surface area contributed by atoms with E-state index in [0.29, 0.717) is 0 Å². The van der Waals surface area contributed by atoms with Crippen LogP contribution in [0.2, 0.25) is 0 Å². The maximum Gasteiger partial charge on any atom is 0.0570 e. The fourth-order valence-electron chi connectivity index (χ4n) is 1.59. The van der Waals surface area contributed by atoms with Crippen molar-refractivity contribution >= 4 is 0 Å². The molecule has 2 aromatic rings. The van der Waals surface area contributed by atoms with Gasteiger partial charge in [-0.2, -0.15) is 5.10 Å². The van der Waals surface area contributed by atoms with Gasteiger partial charge in [-0.25, -0.2) is 0 Å². The molecule has 4 nitrogen and oxygen atoms in total. The third-order valence-corrected chi connectivity index (χ3v) is 2.50. The van der Waals surface area contributed by atoms with Crippen LogP contribution in [0.15, 0.2) is 30.7 Å². The predicted molar refractivity (Wildman–Crippen MR) is 62.7 cm³/mol. The summed E-state index contributed by atoms with van der Waals surface area (Å²) < 4.78 is 1.81. The quantitative estimate of drug-likeness (QED) is 0.840. The number of aromatic nitrogens is 3. The molecule has 0 atom stereocenters. The second-order valence-corrected chi connectivity index (χ2v) is 3.89. The monoisotopic (exact) mass is 216 g/mol. The van der Waals surface area contributed by atoms with Gasteiger partial charge in [0.1, 0.15) is 0 Å². The summed E-state index contributed by atoms with van der Waals surface area (Å²) >= 11 is 0. The molecule has 16 heavy (non-hydrogen) atoms. The van der Waals surface area contributed by atoms with Crippen LogP contribution in [0.25, 0.3) is 0 Å². The van der Waals surface area contributed by atoms with Crippen molar-refractivity contribution in [3.63, 3.8) is 0 Å². The van der Waals surface area contributed by atoms with Crippen LogP contribution in [-0.4, -0.2) is 14.8 Å². The van der Waals surface area contributed by atoms with Crippen LogP contribution in [-0.2, 0) is 20.1 Å². The average molecular weight is 216 g/mol. The zero-order valence-corrected chi connectivity index (χ0v) is 9.64. The lowest BCUT2D eigenvalue weighted by molar-refractivity contribution is 0.675. The zero-order chi connectivity index (χ0) is 11.4. The van der Waals surface area contributed by atoms with E-state index < -0.39 is 0 Å². The van der Waals surface area contributed by atoms with Gasteiger partial charge >= 0.3 is 0 Å². The maximum atomic E-state index is 4.33. The van der Waals surface area contributed by atoms with Crippen LogP contribution < -0.4 is 5.32 Å². The molecule has 0 saturated heterocycles. The highest BCUT2D eigenvalue weighted by molar-refractivity contribution is 5.17. The summed E-state index contributed by atoms with van der Waals surface area (Å²) in [6, 6.07) is 4.04. The molecule has 0 bridgehead atoms. The first-order chi connectivity index (χ1) is 7.75. The Bertz CT molecular complexity index is 462. The fraction of sp³-hybridized carbons (Fsp3) is 0.333. The molecule has 1 N–H and O–H groups in total. The Morgan fingerprint density at radius 3 is 2.94 bits per heavy atom. The van der Waals surface area contributed by atoms with Gasteiger partial charge in [0.2, 0.25) is 0 Å². The topological polar surface area (TPSA) is 42.7 Å². The van der Waals surface area contributed by atoms with E-state index in [2.05, 4.69) is 28.4 Å². The minimum Gasteiger partial charge on any atom is -0.307 e. The van der Waals surface area contributed by atoms with Crippen LogP contribution in [0.5, 0.6) is 0 Å². The first-order valence-corrected chi connectivity index (χ1v) is 5.34. The molecule has 0 aliphatic heterocycles. The Morgan fingerprint density at radius 1 is 1.38 bits per heavy atom. The molecule has 0 aliphatic carbocycles. The number of pyridine rings is 1. The van der Waals surface area contributed by atoms with E-state index in [-0.39, 0.29) is 0 Å². The number of hydrogen-bond acceptors (Lipinski definition) is 3. The van der Waals surface area contributed by atoms with Gasteiger partial charge in [-0.1, -0.05) is 6.07 Å². The van der Waals surface area contributed by atoms with E-state index in [1.807, 2.05) is 36.4 Å². The summed E-state index contributed by atoms with van der Waals surface area (Å²) in [5, 5.41) is 7.48. The smallest absolute Gasteiger partial charge is 0.0570 e. The number of nitrogens with one attached hydrogen (secondary N) is 1. The zero-order valence-electron chi connectivity index (χ0n) is 9.64. The molecule has 0 aromatic carbocycles. The van der Waals surface area contributed by atoms with Crippen molar-refractivity contribution in [2.45, 2.75) is 20.0 Å². The Labute approximate surface area is 95.3 Å². The minimum absolute atomic E-state index is 0.793. The Hall–Kier alpha value is -1.68. The van der Waals surface area contributed by atoms with E-state index >= 15 is 0 Å². The van der Waals surface area contributed by atoms with Crippen LogP contribution in [0, 0.1) is 6.92 Å². The van der Waals surface area contributed by atoms with E-state index in [1.54, 1.807) is 0 Å². The molecule has 84 valence electrons. The second kappa shape index (κ2) is 4.90. The minimum atomic E-state index is 0.793. The number of rotatable bonds is 4. The van der Waals surface area contributed by atoms with Crippen molar-refractivity contribution in [2.75, 3.05) is 0 Å². The van der Waals surface area contributed by atoms with Crippen molar-refractivity contribution in [1.82, 2.24) is 20.1 Å². The van der Waals surface area contributed by atoms with Gasteiger partial charge < -0.3 is 5.32 Å². The normalized spacial score (nSPS) is 10.6. The molecule has 0 amide bonds. The standard InChI is InChI=1S/C12H16N4/c1-10-4-3-5-14-12(10)8-13-6-11-7-15-16(2)9-11/h3-5,7,9,13H,6,8H2,1-2H3. The Kier molecular flexibility index (Phi) is 3.31. The summed E-state index contributed by atoms with van der Waals surface area (Å²) in [5.74, 6) is 0. The van der Waals surface area contributed by atoms with Gasteiger partial charge in [-0.3, -0.25) is 9.67 Å². The fourth-order valence-corrected chi connectivity index (χ4v) is 1.59. The van der Waals surface area contributed by atoms with E-state index in [4.69, 9.17) is 0 Å². The van der Waals surface area contributed by atoms with Gasteiger partial charge in [-0.05, 0) is 18.6 Å². The van der Waals surface area contributed by atoms with Crippen molar-refractivity contribution in [3.05, 3.63) is 47.5 Å². The largest absolute Gasteiger partial charge is 0.307 e. The molecule has 0 unspecified atom stereocenters. The van der Waals surface area contributed by atoms with Crippen molar-refractivity contribution in [2.24, 2.45) is 7.05 Å². The van der Waals surface area contributed by atoms with Gasteiger partial charge in [0.25, 0.3) is 0 Å². The summed E-state index contributed by atoms with van der Waals surface area (Å²) in [6.45, 7) is 3.69.